The average Bonchev–Trinajstić information content (AvgIpc) is 2.45. The van der Waals surface area contributed by atoms with Crippen molar-refractivity contribution >= 4 is 29.3 Å². The Labute approximate surface area is 159 Å². The summed E-state index contributed by atoms with van der Waals surface area (Å²) in [5.74, 6) is 0. The summed E-state index contributed by atoms with van der Waals surface area (Å²) >= 11 is 12.3. The largest absolute Gasteiger partial charge is 0.444 e. The fourth-order valence-corrected chi connectivity index (χ4v) is 3.89. The highest BCUT2D eigenvalue weighted by molar-refractivity contribution is 6.42. The number of benzene rings is 1. The number of aliphatic hydroxyl groups is 1. The van der Waals surface area contributed by atoms with Gasteiger partial charge in [0.15, 0.2) is 0 Å². The number of rotatable bonds is 3. The second kappa shape index (κ2) is 7.34. The predicted molar refractivity (Wildman–Crippen MR) is 101 cm³/mol. The minimum atomic E-state index is -0.792. The van der Waals surface area contributed by atoms with Gasteiger partial charge in [-0.05, 0) is 71.1 Å². The van der Waals surface area contributed by atoms with Crippen molar-refractivity contribution in [3.8, 4) is 0 Å². The van der Waals surface area contributed by atoms with Gasteiger partial charge in [0.05, 0.1) is 15.6 Å². The molecule has 0 spiro atoms. The number of carbonyl (C=O) groups excluding carboxylic acids is 1. The van der Waals surface area contributed by atoms with E-state index in [2.05, 4.69) is 5.32 Å². The minimum Gasteiger partial charge on any atom is -0.444 e. The summed E-state index contributed by atoms with van der Waals surface area (Å²) in [6.45, 7) is 7.69. The van der Waals surface area contributed by atoms with Crippen LogP contribution in [0.4, 0.5) is 4.79 Å². The third-order valence-electron chi connectivity index (χ3n) is 4.59. The summed E-state index contributed by atoms with van der Waals surface area (Å²) in [6, 6.07) is 5.52. The van der Waals surface area contributed by atoms with Crippen molar-refractivity contribution in [2.75, 3.05) is 6.54 Å². The average molecular weight is 388 g/mol. The van der Waals surface area contributed by atoms with Crippen LogP contribution in [0.1, 0.15) is 58.9 Å². The molecule has 140 valence electrons. The molecule has 1 aliphatic carbocycles. The van der Waals surface area contributed by atoms with Crippen molar-refractivity contribution in [1.29, 1.82) is 0 Å². The minimum absolute atomic E-state index is 0.371. The van der Waals surface area contributed by atoms with Crippen molar-refractivity contribution in [3.05, 3.63) is 33.8 Å². The topological polar surface area (TPSA) is 58.6 Å². The van der Waals surface area contributed by atoms with Gasteiger partial charge < -0.3 is 15.2 Å². The summed E-state index contributed by atoms with van der Waals surface area (Å²) in [6.07, 6.45) is 2.52. The van der Waals surface area contributed by atoms with Gasteiger partial charge in [-0.1, -0.05) is 29.3 Å². The van der Waals surface area contributed by atoms with Gasteiger partial charge >= 0.3 is 6.09 Å². The number of halogens is 2. The maximum atomic E-state index is 12.1. The molecule has 2 rings (SSSR count). The molecule has 0 heterocycles. The van der Waals surface area contributed by atoms with Crippen molar-refractivity contribution in [2.24, 2.45) is 0 Å². The standard InChI is InChI=1S/C19H27Cl2NO3/c1-17(2,3)25-16(23)22-12-19(9-5-8-18(4,24)11-19)13-6-7-14(20)15(21)10-13/h6-7,10,24H,5,8-9,11-12H2,1-4H3,(H,22,23)/t18-,19-/m0/s1. The van der Waals surface area contributed by atoms with Gasteiger partial charge in [-0.25, -0.2) is 4.79 Å². The first-order chi connectivity index (χ1) is 11.4. The van der Waals surface area contributed by atoms with E-state index in [-0.39, 0.29) is 0 Å². The van der Waals surface area contributed by atoms with Gasteiger partial charge in [-0.2, -0.15) is 0 Å². The molecule has 0 saturated heterocycles. The monoisotopic (exact) mass is 387 g/mol. The van der Waals surface area contributed by atoms with Crippen LogP contribution < -0.4 is 5.32 Å². The SMILES string of the molecule is CC(C)(C)OC(=O)NC[C@]1(c2ccc(Cl)c(Cl)c2)CCC[C@](C)(O)C1. The van der Waals surface area contributed by atoms with Gasteiger partial charge in [0.25, 0.3) is 0 Å². The summed E-state index contributed by atoms with van der Waals surface area (Å²) in [7, 11) is 0. The summed E-state index contributed by atoms with van der Waals surface area (Å²) in [4.78, 5) is 12.1. The lowest BCUT2D eigenvalue weighted by Gasteiger charge is -2.44. The molecule has 2 atom stereocenters. The Morgan fingerprint density at radius 1 is 1.28 bits per heavy atom. The normalized spacial score (nSPS) is 27.0. The molecule has 0 bridgehead atoms. The zero-order chi connectivity index (χ0) is 18.9. The fourth-order valence-electron chi connectivity index (χ4n) is 3.59. The van der Waals surface area contributed by atoms with Crippen molar-refractivity contribution in [3.63, 3.8) is 0 Å². The van der Waals surface area contributed by atoms with Gasteiger partial charge in [-0.3, -0.25) is 0 Å². The Hall–Kier alpha value is -0.970. The van der Waals surface area contributed by atoms with Crippen LogP contribution in [0.25, 0.3) is 0 Å². The number of hydrogen-bond donors (Lipinski definition) is 2. The molecule has 1 aromatic carbocycles. The van der Waals surface area contributed by atoms with Crippen LogP contribution in [0.3, 0.4) is 0 Å². The van der Waals surface area contributed by atoms with Crippen LogP contribution in [-0.4, -0.2) is 28.9 Å². The maximum Gasteiger partial charge on any atom is 0.407 e. The van der Waals surface area contributed by atoms with Crippen LogP contribution in [0.15, 0.2) is 18.2 Å². The van der Waals surface area contributed by atoms with E-state index in [1.807, 2.05) is 39.8 Å². The molecule has 0 aliphatic heterocycles. The molecule has 1 aromatic rings. The number of amides is 1. The van der Waals surface area contributed by atoms with E-state index in [1.54, 1.807) is 6.07 Å². The van der Waals surface area contributed by atoms with Crippen LogP contribution >= 0.6 is 23.2 Å². The fraction of sp³-hybridized carbons (Fsp3) is 0.632. The molecule has 1 fully saturated rings. The molecule has 0 unspecified atom stereocenters. The Bertz CT molecular complexity index is 640. The van der Waals surface area contributed by atoms with Crippen molar-refractivity contribution in [1.82, 2.24) is 5.32 Å². The number of alkyl carbamates (subject to hydrolysis) is 1. The van der Waals surface area contributed by atoms with Crippen LogP contribution in [-0.2, 0) is 10.2 Å². The van der Waals surface area contributed by atoms with Gasteiger partial charge in [0.2, 0.25) is 0 Å². The first kappa shape index (κ1) is 20.3. The molecule has 0 aromatic heterocycles. The number of nitrogens with one attached hydrogen (secondary N) is 1. The lowest BCUT2D eigenvalue weighted by atomic mass is 9.64. The molecule has 1 aliphatic rings. The van der Waals surface area contributed by atoms with E-state index in [1.165, 1.54) is 0 Å². The quantitative estimate of drug-likeness (QED) is 0.759. The Kier molecular flexibility index (Phi) is 5.97. The molecule has 4 nitrogen and oxygen atoms in total. The second-order valence-corrected chi connectivity index (χ2v) is 9.11. The first-order valence-corrected chi connectivity index (χ1v) is 9.33. The van der Waals surface area contributed by atoms with E-state index in [9.17, 15) is 9.90 Å². The zero-order valence-electron chi connectivity index (χ0n) is 15.3. The Morgan fingerprint density at radius 2 is 1.96 bits per heavy atom. The molecule has 6 heteroatoms. The smallest absolute Gasteiger partial charge is 0.407 e. The molecule has 0 radical (unpaired) electrons. The molecule has 25 heavy (non-hydrogen) atoms. The number of carbonyl (C=O) groups is 1. The number of ether oxygens (including phenoxy) is 1. The third-order valence-corrected chi connectivity index (χ3v) is 5.33. The highest BCUT2D eigenvalue weighted by Crippen LogP contribution is 2.44. The third kappa shape index (κ3) is 5.50. The maximum absolute atomic E-state index is 12.1. The van der Waals surface area contributed by atoms with Crippen molar-refractivity contribution < 1.29 is 14.6 Å². The zero-order valence-corrected chi connectivity index (χ0v) is 16.8. The van der Waals surface area contributed by atoms with Crippen LogP contribution in [0.5, 0.6) is 0 Å². The highest BCUT2D eigenvalue weighted by Gasteiger charge is 2.43. The van der Waals surface area contributed by atoms with Gasteiger partial charge in [0, 0.05) is 12.0 Å². The summed E-state index contributed by atoms with van der Waals surface area (Å²) in [5, 5.41) is 14.5. The lowest BCUT2D eigenvalue weighted by Crippen LogP contribution is -2.49. The van der Waals surface area contributed by atoms with E-state index < -0.39 is 22.7 Å². The molecule has 1 amide bonds. The molecular formula is C19H27Cl2NO3. The summed E-state index contributed by atoms with van der Waals surface area (Å²) < 4.78 is 5.34. The molecule has 2 N–H and O–H groups in total. The molecule has 1 saturated carbocycles. The van der Waals surface area contributed by atoms with Crippen LogP contribution in [0, 0.1) is 0 Å². The Balaban J connectivity index is 2.27. The van der Waals surface area contributed by atoms with Gasteiger partial charge in [-0.15, -0.1) is 0 Å². The van der Waals surface area contributed by atoms with E-state index in [4.69, 9.17) is 27.9 Å². The van der Waals surface area contributed by atoms with Crippen molar-refractivity contribution in [2.45, 2.75) is 70.0 Å². The Morgan fingerprint density at radius 3 is 2.52 bits per heavy atom. The van der Waals surface area contributed by atoms with E-state index >= 15 is 0 Å². The predicted octanol–water partition coefficient (Wildman–Crippen LogP) is 5.08. The second-order valence-electron chi connectivity index (χ2n) is 8.29. The van der Waals surface area contributed by atoms with Gasteiger partial charge in [0.1, 0.15) is 5.60 Å². The van der Waals surface area contributed by atoms with E-state index in [0.29, 0.717) is 23.0 Å². The van der Waals surface area contributed by atoms with E-state index in [0.717, 1.165) is 24.8 Å². The highest BCUT2D eigenvalue weighted by atomic mass is 35.5. The lowest BCUT2D eigenvalue weighted by molar-refractivity contribution is -0.0115. The summed E-state index contributed by atoms with van der Waals surface area (Å²) in [5.41, 5.74) is -0.788. The van der Waals surface area contributed by atoms with Crippen LogP contribution in [0.2, 0.25) is 10.0 Å². The molecular weight excluding hydrogens is 361 g/mol. The number of hydrogen-bond acceptors (Lipinski definition) is 3. The first-order valence-electron chi connectivity index (χ1n) is 8.57.